The van der Waals surface area contributed by atoms with E-state index in [4.69, 9.17) is 4.74 Å². The first-order chi connectivity index (χ1) is 9.78. The molecule has 4 heteroatoms. The summed E-state index contributed by atoms with van der Waals surface area (Å²) in [5.41, 5.74) is 1.50. The van der Waals surface area contributed by atoms with Crippen LogP contribution in [0.2, 0.25) is 0 Å². The molecule has 0 amide bonds. The molecule has 0 bridgehead atoms. The SMILES string of the molecule is CCN(Cc1ccccn1)CC1(CNC)CCOCC1. The van der Waals surface area contributed by atoms with Crippen molar-refractivity contribution in [1.82, 2.24) is 15.2 Å². The molecule has 0 spiro atoms. The number of nitrogens with zero attached hydrogens (tertiary/aromatic N) is 2. The Morgan fingerprint density at radius 3 is 2.75 bits per heavy atom. The Balaban J connectivity index is 1.99. The number of nitrogens with one attached hydrogen (secondary N) is 1. The molecule has 2 heterocycles. The van der Waals surface area contributed by atoms with Crippen LogP contribution in [0.4, 0.5) is 0 Å². The van der Waals surface area contributed by atoms with E-state index in [1.165, 1.54) is 0 Å². The lowest BCUT2D eigenvalue weighted by molar-refractivity contribution is -0.00423. The molecule has 0 atom stereocenters. The number of pyridine rings is 1. The fourth-order valence-electron chi connectivity index (χ4n) is 3.04. The molecule has 1 aromatic heterocycles. The maximum absolute atomic E-state index is 5.55. The lowest BCUT2D eigenvalue weighted by Crippen LogP contribution is -2.46. The minimum absolute atomic E-state index is 0.345. The van der Waals surface area contributed by atoms with Gasteiger partial charge in [-0.1, -0.05) is 13.0 Å². The average molecular weight is 277 g/mol. The van der Waals surface area contributed by atoms with Gasteiger partial charge in [0.1, 0.15) is 0 Å². The molecule has 20 heavy (non-hydrogen) atoms. The van der Waals surface area contributed by atoms with Crippen molar-refractivity contribution < 1.29 is 4.74 Å². The van der Waals surface area contributed by atoms with Crippen LogP contribution in [0, 0.1) is 5.41 Å². The lowest BCUT2D eigenvalue weighted by Gasteiger charge is -2.40. The molecule has 0 radical (unpaired) electrons. The van der Waals surface area contributed by atoms with Crippen LogP contribution in [-0.4, -0.2) is 49.8 Å². The van der Waals surface area contributed by atoms with Gasteiger partial charge in [0, 0.05) is 39.0 Å². The maximum atomic E-state index is 5.55. The van der Waals surface area contributed by atoms with E-state index in [0.717, 1.165) is 57.9 Å². The molecule has 0 aromatic carbocycles. The van der Waals surface area contributed by atoms with Crippen molar-refractivity contribution in [2.75, 3.05) is 39.9 Å². The van der Waals surface area contributed by atoms with Crippen LogP contribution in [0.15, 0.2) is 24.4 Å². The second-order valence-electron chi connectivity index (χ2n) is 5.77. The van der Waals surface area contributed by atoms with Gasteiger partial charge in [-0.05, 0) is 44.0 Å². The van der Waals surface area contributed by atoms with Crippen molar-refractivity contribution >= 4 is 0 Å². The fraction of sp³-hybridized carbons (Fsp3) is 0.688. The van der Waals surface area contributed by atoms with Gasteiger partial charge in [0.05, 0.1) is 5.69 Å². The van der Waals surface area contributed by atoms with Gasteiger partial charge in [0.15, 0.2) is 0 Å². The van der Waals surface area contributed by atoms with Crippen LogP contribution in [0.25, 0.3) is 0 Å². The molecule has 0 saturated carbocycles. The third-order valence-corrected chi connectivity index (χ3v) is 4.22. The summed E-state index contributed by atoms with van der Waals surface area (Å²) in [5.74, 6) is 0. The van der Waals surface area contributed by atoms with Gasteiger partial charge in [-0.3, -0.25) is 9.88 Å². The summed E-state index contributed by atoms with van der Waals surface area (Å²) in [6.07, 6.45) is 4.17. The third kappa shape index (κ3) is 4.27. The zero-order valence-corrected chi connectivity index (χ0v) is 12.8. The molecular formula is C16H27N3O. The first-order valence-corrected chi connectivity index (χ1v) is 7.62. The van der Waals surface area contributed by atoms with E-state index in [-0.39, 0.29) is 0 Å². The highest BCUT2D eigenvalue weighted by atomic mass is 16.5. The summed E-state index contributed by atoms with van der Waals surface area (Å²) in [7, 11) is 2.05. The van der Waals surface area contributed by atoms with Crippen molar-refractivity contribution in [3.05, 3.63) is 30.1 Å². The Kier molecular flexibility index (Phi) is 5.95. The first-order valence-electron chi connectivity index (χ1n) is 7.62. The number of hydrogen-bond donors (Lipinski definition) is 1. The summed E-state index contributed by atoms with van der Waals surface area (Å²) < 4.78 is 5.55. The lowest BCUT2D eigenvalue weighted by atomic mass is 9.79. The van der Waals surface area contributed by atoms with Gasteiger partial charge in [0.2, 0.25) is 0 Å². The molecule has 1 aliphatic heterocycles. The normalized spacial score (nSPS) is 18.4. The van der Waals surface area contributed by atoms with Gasteiger partial charge in [-0.15, -0.1) is 0 Å². The third-order valence-electron chi connectivity index (χ3n) is 4.22. The second kappa shape index (κ2) is 7.72. The Bertz CT molecular complexity index is 371. The molecule has 4 nitrogen and oxygen atoms in total. The van der Waals surface area contributed by atoms with Crippen LogP contribution in [0.3, 0.4) is 0 Å². The quantitative estimate of drug-likeness (QED) is 0.826. The average Bonchev–Trinajstić information content (AvgIpc) is 2.49. The zero-order chi connectivity index (χ0) is 14.3. The molecule has 1 aromatic rings. The van der Waals surface area contributed by atoms with E-state index in [1.807, 2.05) is 19.3 Å². The smallest absolute Gasteiger partial charge is 0.0543 e. The predicted molar refractivity (Wildman–Crippen MR) is 81.6 cm³/mol. The Hall–Kier alpha value is -0.970. The minimum Gasteiger partial charge on any atom is -0.381 e. The monoisotopic (exact) mass is 277 g/mol. The van der Waals surface area contributed by atoms with Crippen molar-refractivity contribution in [1.29, 1.82) is 0 Å². The molecule has 1 aliphatic rings. The van der Waals surface area contributed by atoms with Gasteiger partial charge in [-0.25, -0.2) is 0 Å². The summed E-state index contributed by atoms with van der Waals surface area (Å²) in [5, 5.41) is 3.37. The van der Waals surface area contributed by atoms with Crippen LogP contribution in [0.5, 0.6) is 0 Å². The summed E-state index contributed by atoms with van der Waals surface area (Å²) >= 11 is 0. The van der Waals surface area contributed by atoms with Gasteiger partial charge in [0.25, 0.3) is 0 Å². The molecule has 1 N–H and O–H groups in total. The predicted octanol–water partition coefficient (Wildman–Crippen LogP) is 1.92. The Morgan fingerprint density at radius 1 is 1.35 bits per heavy atom. The van der Waals surface area contributed by atoms with Crippen molar-refractivity contribution in [2.45, 2.75) is 26.3 Å². The second-order valence-corrected chi connectivity index (χ2v) is 5.77. The first kappa shape index (κ1) is 15.4. The van der Waals surface area contributed by atoms with Crippen molar-refractivity contribution in [2.24, 2.45) is 5.41 Å². The summed E-state index contributed by atoms with van der Waals surface area (Å²) in [6, 6.07) is 6.14. The number of rotatable bonds is 7. The van der Waals surface area contributed by atoms with Crippen LogP contribution >= 0.6 is 0 Å². The highest BCUT2D eigenvalue weighted by molar-refractivity contribution is 5.03. The van der Waals surface area contributed by atoms with E-state index in [2.05, 4.69) is 34.3 Å². The highest BCUT2D eigenvalue weighted by Gasteiger charge is 2.33. The number of aromatic nitrogens is 1. The molecule has 2 rings (SSSR count). The van der Waals surface area contributed by atoms with Crippen LogP contribution < -0.4 is 5.32 Å². The zero-order valence-electron chi connectivity index (χ0n) is 12.8. The molecule has 112 valence electrons. The van der Waals surface area contributed by atoms with Crippen molar-refractivity contribution in [3.63, 3.8) is 0 Å². The van der Waals surface area contributed by atoms with Gasteiger partial charge in [-0.2, -0.15) is 0 Å². The van der Waals surface area contributed by atoms with E-state index >= 15 is 0 Å². The fourth-order valence-corrected chi connectivity index (χ4v) is 3.04. The molecule has 1 fully saturated rings. The Labute approximate surface area is 122 Å². The van der Waals surface area contributed by atoms with Crippen LogP contribution in [0.1, 0.15) is 25.5 Å². The van der Waals surface area contributed by atoms with Gasteiger partial charge >= 0.3 is 0 Å². The van der Waals surface area contributed by atoms with E-state index < -0.39 is 0 Å². The largest absolute Gasteiger partial charge is 0.381 e. The van der Waals surface area contributed by atoms with Crippen LogP contribution in [-0.2, 0) is 11.3 Å². The molecular weight excluding hydrogens is 250 g/mol. The van der Waals surface area contributed by atoms with Crippen molar-refractivity contribution in [3.8, 4) is 0 Å². The van der Waals surface area contributed by atoms with E-state index in [0.29, 0.717) is 5.41 Å². The Morgan fingerprint density at radius 2 is 2.15 bits per heavy atom. The highest BCUT2D eigenvalue weighted by Crippen LogP contribution is 2.31. The van der Waals surface area contributed by atoms with Gasteiger partial charge < -0.3 is 10.1 Å². The summed E-state index contributed by atoms with van der Waals surface area (Å²) in [4.78, 5) is 6.95. The summed E-state index contributed by atoms with van der Waals surface area (Å²) in [6.45, 7) is 8.19. The number of hydrogen-bond acceptors (Lipinski definition) is 4. The maximum Gasteiger partial charge on any atom is 0.0543 e. The molecule has 1 saturated heterocycles. The van der Waals surface area contributed by atoms with E-state index in [9.17, 15) is 0 Å². The standard InChI is InChI=1S/C16H27N3O/c1-3-19(12-15-6-4-5-9-18-15)14-16(13-17-2)7-10-20-11-8-16/h4-6,9,17H,3,7-8,10-14H2,1-2H3. The topological polar surface area (TPSA) is 37.4 Å². The molecule has 0 aliphatic carbocycles. The van der Waals surface area contributed by atoms with E-state index in [1.54, 1.807) is 0 Å². The number of ether oxygens (including phenoxy) is 1. The molecule has 0 unspecified atom stereocenters. The minimum atomic E-state index is 0.345.